The minimum atomic E-state index is -1.26. The van der Waals surface area contributed by atoms with Crippen molar-refractivity contribution in [1.29, 1.82) is 0 Å². The fourth-order valence-corrected chi connectivity index (χ4v) is 4.16. The lowest BCUT2D eigenvalue weighted by atomic mass is 9.95. The number of aromatic carboxylic acids is 2. The molecule has 2 N–H and O–H groups in total. The first-order valence-electron chi connectivity index (χ1n) is 13.9. The van der Waals surface area contributed by atoms with Crippen LogP contribution in [0.5, 0.6) is 23.0 Å². The van der Waals surface area contributed by atoms with Gasteiger partial charge in [0.15, 0.2) is 0 Å². The van der Waals surface area contributed by atoms with E-state index in [4.69, 9.17) is 37.9 Å². The second-order valence-corrected chi connectivity index (χ2v) is 9.28. The third-order valence-corrected chi connectivity index (χ3v) is 6.21. The number of hydrogen-bond acceptors (Lipinski definition) is 12. The average Bonchev–Trinajstić information content (AvgIpc) is 3.04. The summed E-state index contributed by atoms with van der Waals surface area (Å²) in [4.78, 5) is 46.0. The van der Waals surface area contributed by atoms with E-state index in [0.29, 0.717) is 48.7 Å². The van der Waals surface area contributed by atoms with Gasteiger partial charge < -0.3 is 48.1 Å². The first kappa shape index (κ1) is 35.5. The number of carbonyl (C=O) groups is 4. The molecule has 0 aliphatic heterocycles. The molecule has 46 heavy (non-hydrogen) atoms. The van der Waals surface area contributed by atoms with E-state index in [1.54, 1.807) is 26.4 Å². The number of methoxy groups -OCH3 is 2. The van der Waals surface area contributed by atoms with Gasteiger partial charge in [0.2, 0.25) is 0 Å². The van der Waals surface area contributed by atoms with Crippen molar-refractivity contribution in [2.45, 2.75) is 0 Å². The Kier molecular flexibility index (Phi) is 14.4. The minimum absolute atomic E-state index is 0.0263. The van der Waals surface area contributed by atoms with Crippen molar-refractivity contribution >= 4 is 24.9 Å². The second kappa shape index (κ2) is 18.7. The molecule has 0 fully saturated rings. The molecule has 0 aliphatic carbocycles. The van der Waals surface area contributed by atoms with Gasteiger partial charge in [-0.15, -0.1) is 0 Å². The molecule has 14 nitrogen and oxygen atoms in total. The van der Waals surface area contributed by atoms with E-state index in [0.717, 1.165) is 0 Å². The summed E-state index contributed by atoms with van der Waals surface area (Å²) in [6.45, 7) is 2.24. The van der Waals surface area contributed by atoms with Crippen LogP contribution in [0.2, 0.25) is 0 Å². The van der Waals surface area contributed by atoms with Crippen LogP contribution in [0.3, 0.4) is 0 Å². The van der Waals surface area contributed by atoms with Gasteiger partial charge in [-0.3, -0.25) is 9.59 Å². The maximum Gasteiger partial charge on any atom is 0.335 e. The van der Waals surface area contributed by atoms with Crippen LogP contribution in [0.25, 0.3) is 22.3 Å². The molecule has 0 saturated carbocycles. The van der Waals surface area contributed by atoms with Gasteiger partial charge in [0.05, 0.1) is 50.8 Å². The predicted molar refractivity (Wildman–Crippen MR) is 161 cm³/mol. The molecule has 3 aromatic rings. The highest BCUT2D eigenvalue weighted by molar-refractivity contribution is 5.93. The van der Waals surface area contributed by atoms with Crippen LogP contribution < -0.4 is 18.9 Å². The molecule has 0 bridgehead atoms. The Morgan fingerprint density at radius 3 is 1.30 bits per heavy atom. The summed E-state index contributed by atoms with van der Waals surface area (Å²) in [5.74, 6) is -2.12. The Hall–Kier alpha value is -5.02. The van der Waals surface area contributed by atoms with E-state index in [2.05, 4.69) is 0 Å². The molecule has 0 heterocycles. The number of rotatable bonds is 22. The topological polar surface area (TPSA) is 183 Å². The Morgan fingerprint density at radius 2 is 0.957 bits per heavy atom. The van der Waals surface area contributed by atoms with Crippen LogP contribution in [-0.2, 0) is 28.5 Å². The molecule has 0 spiro atoms. The first-order chi connectivity index (χ1) is 22.3. The molecule has 0 aliphatic rings. The van der Waals surface area contributed by atoms with Crippen LogP contribution in [0.1, 0.15) is 20.7 Å². The lowest BCUT2D eigenvalue weighted by Crippen LogP contribution is -2.12. The zero-order chi connectivity index (χ0) is 33.3. The summed E-state index contributed by atoms with van der Waals surface area (Å²) in [6, 6.07) is 11.2. The summed E-state index contributed by atoms with van der Waals surface area (Å²) in [7, 11) is 3.09. The molecular weight excluding hydrogens is 608 g/mol. The van der Waals surface area contributed by atoms with Crippen LogP contribution in [0, 0.1) is 0 Å². The van der Waals surface area contributed by atoms with E-state index in [1.807, 2.05) is 0 Å². The maximum atomic E-state index is 11.9. The van der Waals surface area contributed by atoms with Crippen molar-refractivity contribution in [1.82, 2.24) is 0 Å². The van der Waals surface area contributed by atoms with Crippen LogP contribution in [0.15, 0.2) is 48.5 Å². The largest absolute Gasteiger partial charge is 0.491 e. The number of ether oxygens (including phenoxy) is 8. The van der Waals surface area contributed by atoms with Gasteiger partial charge in [0.1, 0.15) is 36.2 Å². The number of carboxylic acids is 2. The molecule has 0 radical (unpaired) electrons. The minimum Gasteiger partial charge on any atom is -0.491 e. The van der Waals surface area contributed by atoms with Crippen LogP contribution >= 0.6 is 0 Å². The summed E-state index contributed by atoms with van der Waals surface area (Å²) in [5, 5.41) is 19.4. The third-order valence-electron chi connectivity index (χ3n) is 6.21. The van der Waals surface area contributed by atoms with Gasteiger partial charge in [-0.1, -0.05) is 0 Å². The first-order valence-corrected chi connectivity index (χ1v) is 13.9. The van der Waals surface area contributed by atoms with Gasteiger partial charge >= 0.3 is 11.9 Å². The smallest absolute Gasteiger partial charge is 0.335 e. The standard InChI is InChI=1S/C32H34O14/c1-39-3-5-41-7-9-43-29-17-28(22-12-24(32(37)38)16-26(14-22)46-20-34)30(44-10-8-42-6-4-40-2)18-27(29)21-11-23(31(35)36)15-25(13-21)45-19-33/h11-20H,3-10H2,1-2H3,(H,35,36)(H,37,38). The summed E-state index contributed by atoms with van der Waals surface area (Å²) in [6.07, 6.45) is 0. The molecule has 0 aromatic heterocycles. The molecule has 0 unspecified atom stereocenters. The molecule has 3 aromatic carbocycles. The Labute approximate surface area is 264 Å². The van der Waals surface area contributed by atoms with Crippen molar-refractivity contribution in [2.75, 3.05) is 67.1 Å². The van der Waals surface area contributed by atoms with Crippen molar-refractivity contribution in [3.8, 4) is 45.3 Å². The Morgan fingerprint density at radius 1 is 0.565 bits per heavy atom. The Balaban J connectivity index is 2.20. The highest BCUT2D eigenvalue weighted by Crippen LogP contribution is 2.43. The number of carbonyl (C=O) groups excluding carboxylic acids is 2. The van der Waals surface area contributed by atoms with E-state index >= 15 is 0 Å². The molecular formula is C32H34O14. The molecule has 14 heteroatoms. The molecule has 0 amide bonds. The van der Waals surface area contributed by atoms with Gasteiger partial charge in [-0.2, -0.15) is 0 Å². The highest BCUT2D eigenvalue weighted by Gasteiger charge is 2.20. The van der Waals surface area contributed by atoms with Crippen molar-refractivity contribution < 1.29 is 67.3 Å². The zero-order valence-electron chi connectivity index (χ0n) is 25.2. The summed E-state index contributed by atoms with van der Waals surface area (Å²) < 4.78 is 43.1. The fraction of sp³-hybridized carbons (Fsp3) is 0.312. The number of benzene rings is 3. The highest BCUT2D eigenvalue weighted by atomic mass is 16.6. The average molecular weight is 643 g/mol. The maximum absolute atomic E-state index is 11.9. The lowest BCUT2D eigenvalue weighted by molar-refractivity contribution is -0.121. The number of carboxylic acid groups (broad SMARTS) is 2. The normalized spacial score (nSPS) is 10.7. The fourth-order valence-electron chi connectivity index (χ4n) is 4.16. The van der Waals surface area contributed by atoms with Gasteiger partial charge in [-0.25, -0.2) is 9.59 Å². The van der Waals surface area contributed by atoms with Crippen molar-refractivity contribution in [3.05, 3.63) is 59.7 Å². The molecule has 246 valence electrons. The SMILES string of the molecule is COCCOCCOc1cc(-c2cc(OC=O)cc(C(=O)O)c2)c(OCCOCCOC)cc1-c1cc(OC=O)cc(C(=O)O)c1. The Bertz CT molecular complexity index is 1370. The van der Waals surface area contributed by atoms with Gasteiger partial charge in [-0.05, 0) is 59.7 Å². The van der Waals surface area contributed by atoms with E-state index in [1.165, 1.54) is 36.4 Å². The molecule has 0 atom stereocenters. The van der Waals surface area contributed by atoms with Crippen LogP contribution in [0.4, 0.5) is 0 Å². The van der Waals surface area contributed by atoms with E-state index in [-0.39, 0.29) is 73.5 Å². The molecule has 3 rings (SSSR count). The van der Waals surface area contributed by atoms with Crippen molar-refractivity contribution in [2.24, 2.45) is 0 Å². The van der Waals surface area contributed by atoms with E-state index < -0.39 is 11.9 Å². The number of hydrogen-bond donors (Lipinski definition) is 2. The van der Waals surface area contributed by atoms with Gasteiger partial charge in [0.25, 0.3) is 12.9 Å². The van der Waals surface area contributed by atoms with E-state index in [9.17, 15) is 29.4 Å². The molecule has 0 saturated heterocycles. The monoisotopic (exact) mass is 642 g/mol. The third kappa shape index (κ3) is 10.6. The van der Waals surface area contributed by atoms with Crippen molar-refractivity contribution in [3.63, 3.8) is 0 Å². The predicted octanol–water partition coefficient (Wildman–Crippen LogP) is 3.57. The summed E-state index contributed by atoms with van der Waals surface area (Å²) >= 11 is 0. The second-order valence-electron chi connectivity index (χ2n) is 9.28. The summed E-state index contributed by atoms with van der Waals surface area (Å²) in [5.41, 5.74) is 1.01. The van der Waals surface area contributed by atoms with Gasteiger partial charge in [0, 0.05) is 25.3 Å². The quantitative estimate of drug-likeness (QED) is 0.120. The van der Waals surface area contributed by atoms with Crippen LogP contribution in [-0.4, -0.2) is 102 Å². The zero-order valence-corrected chi connectivity index (χ0v) is 25.2. The lowest BCUT2D eigenvalue weighted by Gasteiger charge is -2.19.